The molecular weight excluding hydrogens is 422 g/mol. The molecule has 0 radical (unpaired) electrons. The maximum absolute atomic E-state index is 13.7. The molecule has 0 fully saturated rings. The minimum absolute atomic E-state index is 0.185. The predicted octanol–water partition coefficient (Wildman–Crippen LogP) is 4.78. The van der Waals surface area contributed by atoms with E-state index in [1.807, 2.05) is 6.92 Å². The molecule has 2 aromatic carbocycles. The van der Waals surface area contributed by atoms with E-state index in [1.54, 1.807) is 34.9 Å². The molecule has 3 rings (SSSR count). The number of ether oxygens (including phenoxy) is 3. The number of nitriles is 1. The molecule has 0 spiro atoms. The van der Waals surface area contributed by atoms with Crippen molar-refractivity contribution < 1.29 is 19.0 Å². The number of methoxy groups -OCH3 is 2. The first-order valence-corrected chi connectivity index (χ1v) is 14.1. The van der Waals surface area contributed by atoms with Crippen LogP contribution in [-0.2, 0) is 11.5 Å². The van der Waals surface area contributed by atoms with Gasteiger partial charge in [-0.25, -0.2) is 4.98 Å². The summed E-state index contributed by atoms with van der Waals surface area (Å²) < 4.78 is 18.7. The zero-order valence-corrected chi connectivity index (χ0v) is 20.5. The molecule has 0 amide bonds. The number of carbonyl (C=O) groups excluding carboxylic acids is 1. The van der Waals surface area contributed by atoms with Gasteiger partial charge in [0.05, 0.1) is 36.9 Å². The van der Waals surface area contributed by atoms with Crippen molar-refractivity contribution in [2.24, 2.45) is 0 Å². The summed E-state index contributed by atoms with van der Waals surface area (Å²) in [5, 5.41) is 9.27. The molecule has 1 aromatic heterocycles. The molecule has 0 atom stereocenters. The number of benzene rings is 2. The molecule has 8 heteroatoms. The second-order valence-corrected chi connectivity index (χ2v) is 14.5. The number of aromatic nitrogens is 2. The normalized spacial score (nSPS) is 11.4. The average Bonchev–Trinajstić information content (AvgIpc) is 3.12. The SMILES string of the molecule is COc1cc(C)cc(OC)c1C(=O)c1nc2cc(C#N)ccc2n1COCC[Si](C)(C)C. The first kappa shape index (κ1) is 23.5. The summed E-state index contributed by atoms with van der Waals surface area (Å²) in [4.78, 5) is 18.3. The van der Waals surface area contributed by atoms with Gasteiger partial charge in [0.2, 0.25) is 5.78 Å². The monoisotopic (exact) mass is 451 g/mol. The summed E-state index contributed by atoms with van der Waals surface area (Å²) in [7, 11) is 1.79. The van der Waals surface area contributed by atoms with E-state index in [9.17, 15) is 10.1 Å². The summed E-state index contributed by atoms with van der Waals surface area (Å²) in [6, 6.07) is 11.9. The van der Waals surface area contributed by atoms with Crippen LogP contribution in [0, 0.1) is 18.3 Å². The topological polar surface area (TPSA) is 86.4 Å². The van der Waals surface area contributed by atoms with Crippen molar-refractivity contribution in [1.29, 1.82) is 5.26 Å². The Hall–Kier alpha value is -3.15. The van der Waals surface area contributed by atoms with Crippen molar-refractivity contribution in [1.82, 2.24) is 9.55 Å². The lowest BCUT2D eigenvalue weighted by Gasteiger charge is -2.17. The highest BCUT2D eigenvalue weighted by Crippen LogP contribution is 2.33. The minimum Gasteiger partial charge on any atom is -0.496 e. The second-order valence-electron chi connectivity index (χ2n) is 8.90. The van der Waals surface area contributed by atoms with Gasteiger partial charge in [0, 0.05) is 14.7 Å². The van der Waals surface area contributed by atoms with Crippen molar-refractivity contribution >= 4 is 24.9 Å². The fraction of sp³-hybridized carbons (Fsp3) is 0.375. The molecule has 1 heterocycles. The van der Waals surface area contributed by atoms with E-state index in [4.69, 9.17) is 14.2 Å². The molecule has 0 saturated heterocycles. The van der Waals surface area contributed by atoms with Gasteiger partial charge in [-0.3, -0.25) is 9.36 Å². The predicted molar refractivity (Wildman–Crippen MR) is 126 cm³/mol. The number of nitrogens with zero attached hydrogens (tertiary/aromatic N) is 3. The van der Waals surface area contributed by atoms with Crippen LogP contribution in [0.15, 0.2) is 30.3 Å². The molecule has 0 bridgehead atoms. The quantitative estimate of drug-likeness (QED) is 0.264. The van der Waals surface area contributed by atoms with Crippen LogP contribution in [0.4, 0.5) is 0 Å². The third-order valence-electron chi connectivity index (χ3n) is 5.17. The van der Waals surface area contributed by atoms with Crippen molar-refractivity contribution in [3.05, 3.63) is 52.8 Å². The first-order valence-electron chi connectivity index (χ1n) is 10.4. The molecule has 0 unspecified atom stereocenters. The van der Waals surface area contributed by atoms with Gasteiger partial charge in [0.15, 0.2) is 5.82 Å². The van der Waals surface area contributed by atoms with Crippen LogP contribution in [0.25, 0.3) is 11.0 Å². The lowest BCUT2D eigenvalue weighted by Crippen LogP contribution is -2.22. The molecule has 7 nitrogen and oxygen atoms in total. The van der Waals surface area contributed by atoms with Gasteiger partial charge in [-0.05, 0) is 48.9 Å². The van der Waals surface area contributed by atoms with E-state index in [0.29, 0.717) is 34.7 Å². The lowest BCUT2D eigenvalue weighted by molar-refractivity contribution is 0.0833. The number of rotatable bonds is 9. The smallest absolute Gasteiger partial charge is 0.236 e. The number of carbonyl (C=O) groups is 1. The van der Waals surface area contributed by atoms with Gasteiger partial charge in [-0.2, -0.15) is 5.26 Å². The van der Waals surface area contributed by atoms with Crippen molar-refractivity contribution in [2.45, 2.75) is 39.3 Å². The van der Waals surface area contributed by atoms with Gasteiger partial charge >= 0.3 is 0 Å². The van der Waals surface area contributed by atoms with Crippen LogP contribution in [0.1, 0.15) is 27.3 Å². The summed E-state index contributed by atoms with van der Waals surface area (Å²) in [6.07, 6.45) is 0. The van der Waals surface area contributed by atoms with Crippen LogP contribution < -0.4 is 9.47 Å². The van der Waals surface area contributed by atoms with E-state index in [2.05, 4.69) is 30.7 Å². The maximum Gasteiger partial charge on any atom is 0.236 e. The van der Waals surface area contributed by atoms with Crippen LogP contribution in [0.5, 0.6) is 11.5 Å². The van der Waals surface area contributed by atoms with Crippen LogP contribution in [0.3, 0.4) is 0 Å². The summed E-state index contributed by atoms with van der Waals surface area (Å²) in [5.41, 5.74) is 2.99. The Kier molecular flexibility index (Phi) is 7.01. The fourth-order valence-electron chi connectivity index (χ4n) is 3.42. The van der Waals surface area contributed by atoms with Crippen LogP contribution in [0.2, 0.25) is 25.7 Å². The molecule has 0 saturated carbocycles. The Bertz CT molecular complexity index is 1160. The number of imidazole rings is 1. The van der Waals surface area contributed by atoms with E-state index in [0.717, 1.165) is 17.1 Å². The minimum atomic E-state index is -1.25. The second kappa shape index (κ2) is 9.55. The highest BCUT2D eigenvalue weighted by molar-refractivity contribution is 6.76. The summed E-state index contributed by atoms with van der Waals surface area (Å²) in [5.74, 6) is 0.719. The molecule has 168 valence electrons. The maximum atomic E-state index is 13.7. The Balaban J connectivity index is 2.09. The molecule has 0 aliphatic heterocycles. The molecule has 0 aliphatic carbocycles. The van der Waals surface area contributed by atoms with E-state index >= 15 is 0 Å². The Morgan fingerprint density at radius 2 is 1.78 bits per heavy atom. The number of ketones is 1. The van der Waals surface area contributed by atoms with E-state index < -0.39 is 8.07 Å². The number of fused-ring (bicyclic) bond motifs is 1. The summed E-state index contributed by atoms with van der Waals surface area (Å²) >= 11 is 0. The average molecular weight is 452 g/mol. The zero-order valence-electron chi connectivity index (χ0n) is 19.5. The molecule has 32 heavy (non-hydrogen) atoms. The van der Waals surface area contributed by atoms with Gasteiger partial charge in [-0.1, -0.05) is 19.6 Å². The zero-order chi connectivity index (χ0) is 23.5. The Morgan fingerprint density at radius 1 is 1.12 bits per heavy atom. The van der Waals surface area contributed by atoms with Gasteiger partial charge in [0.25, 0.3) is 0 Å². The van der Waals surface area contributed by atoms with Crippen molar-refractivity contribution in [3.63, 3.8) is 0 Å². The highest BCUT2D eigenvalue weighted by Gasteiger charge is 2.26. The van der Waals surface area contributed by atoms with Crippen molar-refractivity contribution in [3.8, 4) is 17.6 Å². The Labute approximate surface area is 189 Å². The molecule has 3 aromatic rings. The standard InChI is InChI=1S/C24H29N3O4Si/c1-16-11-20(29-2)22(21(12-16)30-3)23(28)24-26-18-13-17(14-25)7-8-19(18)27(24)15-31-9-10-32(4,5)6/h7-8,11-13H,9-10,15H2,1-6H3. The van der Waals surface area contributed by atoms with E-state index in [-0.39, 0.29) is 18.3 Å². The Morgan fingerprint density at radius 3 is 2.34 bits per heavy atom. The number of hydrogen-bond donors (Lipinski definition) is 0. The molecule has 0 aliphatic rings. The number of aryl methyl sites for hydroxylation is 1. The third kappa shape index (κ3) is 5.01. The van der Waals surface area contributed by atoms with Gasteiger partial charge in [-0.15, -0.1) is 0 Å². The van der Waals surface area contributed by atoms with Gasteiger partial charge in [0.1, 0.15) is 23.8 Å². The first-order chi connectivity index (χ1) is 15.2. The van der Waals surface area contributed by atoms with Crippen LogP contribution in [-0.4, -0.2) is 44.2 Å². The highest BCUT2D eigenvalue weighted by atomic mass is 28.3. The largest absolute Gasteiger partial charge is 0.496 e. The third-order valence-corrected chi connectivity index (χ3v) is 6.88. The fourth-order valence-corrected chi connectivity index (χ4v) is 4.17. The molecular formula is C24H29N3O4Si. The van der Waals surface area contributed by atoms with E-state index in [1.165, 1.54) is 14.2 Å². The number of hydrogen-bond acceptors (Lipinski definition) is 6. The lowest BCUT2D eigenvalue weighted by atomic mass is 10.0. The van der Waals surface area contributed by atoms with Crippen LogP contribution >= 0.6 is 0 Å². The van der Waals surface area contributed by atoms with Crippen molar-refractivity contribution in [2.75, 3.05) is 20.8 Å². The summed E-state index contributed by atoms with van der Waals surface area (Å²) in [6.45, 7) is 9.57. The molecule has 0 N–H and O–H groups in total. The van der Waals surface area contributed by atoms with Gasteiger partial charge < -0.3 is 14.2 Å².